The number of H-pyrrole nitrogens is 1. The van der Waals surface area contributed by atoms with Gasteiger partial charge in [-0.25, -0.2) is 0 Å². The third kappa shape index (κ3) is 3.09. The minimum absolute atomic E-state index is 0.669. The van der Waals surface area contributed by atoms with E-state index in [0.29, 0.717) is 5.82 Å². The van der Waals surface area contributed by atoms with Crippen LogP contribution < -0.4 is 9.47 Å². The molecule has 0 aliphatic carbocycles. The van der Waals surface area contributed by atoms with Crippen molar-refractivity contribution in [2.24, 2.45) is 0 Å². The van der Waals surface area contributed by atoms with E-state index < -0.39 is 0 Å². The molecule has 1 aliphatic heterocycles. The average Bonchev–Trinajstić information content (AvgIpc) is 3.09. The predicted molar refractivity (Wildman–Crippen MR) is 81.6 cm³/mol. The molecule has 7 heteroatoms. The molecule has 3 rings (SSSR count). The molecule has 2 heterocycles. The Morgan fingerprint density at radius 1 is 1.27 bits per heavy atom. The molecular weight excluding hydrogens is 282 g/mol. The van der Waals surface area contributed by atoms with E-state index in [1.807, 2.05) is 18.2 Å². The van der Waals surface area contributed by atoms with Crippen LogP contribution in [0.2, 0.25) is 0 Å². The molecule has 0 bridgehead atoms. The Morgan fingerprint density at radius 2 is 2.18 bits per heavy atom. The Hall–Kier alpha value is -2.41. The van der Waals surface area contributed by atoms with Crippen LogP contribution >= 0.6 is 0 Å². The van der Waals surface area contributed by atoms with Crippen molar-refractivity contribution in [1.29, 1.82) is 0 Å². The summed E-state index contributed by atoms with van der Waals surface area (Å²) in [6, 6.07) is 5.86. The first-order valence-electron chi connectivity index (χ1n) is 7.16. The van der Waals surface area contributed by atoms with E-state index in [1.54, 1.807) is 14.2 Å². The molecule has 1 N–H and O–H groups in total. The SMILES string of the molecule is COc1ccc(OC)c(CN2CCC=C(c3nn[nH]n3)C2)c1. The van der Waals surface area contributed by atoms with Gasteiger partial charge in [-0.15, -0.1) is 10.2 Å². The third-order valence-corrected chi connectivity index (χ3v) is 3.74. The summed E-state index contributed by atoms with van der Waals surface area (Å²) in [5.41, 5.74) is 2.21. The molecule has 1 aromatic carbocycles. The summed E-state index contributed by atoms with van der Waals surface area (Å²) in [6.45, 7) is 2.57. The zero-order chi connectivity index (χ0) is 15.4. The van der Waals surface area contributed by atoms with Crippen LogP contribution in [0.1, 0.15) is 17.8 Å². The summed E-state index contributed by atoms with van der Waals surface area (Å²) in [7, 11) is 3.36. The Morgan fingerprint density at radius 3 is 2.91 bits per heavy atom. The lowest BCUT2D eigenvalue weighted by atomic mass is 10.1. The number of nitrogens with zero attached hydrogens (tertiary/aromatic N) is 4. The number of hydrogen-bond acceptors (Lipinski definition) is 6. The second kappa shape index (κ2) is 6.57. The van der Waals surface area contributed by atoms with Crippen molar-refractivity contribution in [1.82, 2.24) is 25.5 Å². The molecule has 1 aromatic heterocycles. The predicted octanol–water partition coefficient (Wildman–Crippen LogP) is 1.51. The van der Waals surface area contributed by atoms with Gasteiger partial charge >= 0.3 is 0 Å². The summed E-state index contributed by atoms with van der Waals surface area (Å²) in [5, 5.41) is 14.2. The van der Waals surface area contributed by atoms with Crippen LogP contribution in [-0.2, 0) is 6.54 Å². The maximum absolute atomic E-state index is 5.45. The summed E-state index contributed by atoms with van der Waals surface area (Å²) < 4.78 is 10.8. The van der Waals surface area contributed by atoms with Crippen LogP contribution in [-0.4, -0.2) is 52.8 Å². The van der Waals surface area contributed by atoms with Crippen molar-refractivity contribution >= 4 is 5.57 Å². The van der Waals surface area contributed by atoms with Gasteiger partial charge in [-0.2, -0.15) is 5.21 Å². The zero-order valence-corrected chi connectivity index (χ0v) is 12.7. The van der Waals surface area contributed by atoms with Crippen LogP contribution in [0, 0.1) is 0 Å². The van der Waals surface area contributed by atoms with E-state index in [2.05, 4.69) is 31.6 Å². The topological polar surface area (TPSA) is 76.2 Å². The number of rotatable bonds is 5. The highest BCUT2D eigenvalue weighted by atomic mass is 16.5. The molecule has 0 fully saturated rings. The van der Waals surface area contributed by atoms with Gasteiger partial charge in [0.25, 0.3) is 0 Å². The number of aromatic nitrogens is 4. The summed E-state index contributed by atoms with van der Waals surface area (Å²) in [6.07, 6.45) is 3.14. The molecule has 1 aliphatic rings. The van der Waals surface area contributed by atoms with Gasteiger partial charge in [-0.1, -0.05) is 6.08 Å². The van der Waals surface area contributed by atoms with Gasteiger partial charge in [0.1, 0.15) is 11.5 Å². The van der Waals surface area contributed by atoms with Crippen molar-refractivity contribution in [3.8, 4) is 11.5 Å². The highest BCUT2D eigenvalue weighted by molar-refractivity contribution is 5.61. The fraction of sp³-hybridized carbons (Fsp3) is 0.400. The lowest BCUT2D eigenvalue weighted by Crippen LogP contribution is -2.29. The van der Waals surface area contributed by atoms with Crippen LogP contribution in [0.5, 0.6) is 11.5 Å². The number of hydrogen-bond donors (Lipinski definition) is 1. The second-order valence-electron chi connectivity index (χ2n) is 5.14. The maximum Gasteiger partial charge on any atom is 0.201 e. The van der Waals surface area contributed by atoms with Crippen LogP contribution in [0.4, 0.5) is 0 Å². The molecule has 0 unspecified atom stereocenters. The number of methoxy groups -OCH3 is 2. The molecule has 0 atom stereocenters. The highest BCUT2D eigenvalue weighted by Gasteiger charge is 2.18. The van der Waals surface area contributed by atoms with Gasteiger partial charge < -0.3 is 9.47 Å². The average molecular weight is 301 g/mol. The number of tetrazole rings is 1. The summed E-state index contributed by atoms with van der Waals surface area (Å²) in [4.78, 5) is 2.34. The lowest BCUT2D eigenvalue weighted by molar-refractivity contribution is 0.288. The number of ether oxygens (including phenoxy) is 2. The van der Waals surface area contributed by atoms with Crippen LogP contribution in [0.3, 0.4) is 0 Å². The smallest absolute Gasteiger partial charge is 0.201 e. The quantitative estimate of drug-likeness (QED) is 0.902. The molecule has 0 spiro atoms. The fourth-order valence-corrected chi connectivity index (χ4v) is 2.65. The van der Waals surface area contributed by atoms with Crippen molar-refractivity contribution in [3.63, 3.8) is 0 Å². The van der Waals surface area contributed by atoms with E-state index in [9.17, 15) is 0 Å². The second-order valence-corrected chi connectivity index (χ2v) is 5.14. The van der Waals surface area contributed by atoms with Crippen molar-refractivity contribution in [2.45, 2.75) is 13.0 Å². The van der Waals surface area contributed by atoms with Crippen LogP contribution in [0.25, 0.3) is 5.57 Å². The molecule has 0 saturated carbocycles. The first kappa shape index (κ1) is 14.5. The Kier molecular flexibility index (Phi) is 4.34. The molecule has 7 nitrogen and oxygen atoms in total. The molecule has 22 heavy (non-hydrogen) atoms. The van der Waals surface area contributed by atoms with E-state index in [-0.39, 0.29) is 0 Å². The van der Waals surface area contributed by atoms with E-state index in [1.165, 1.54) is 0 Å². The van der Waals surface area contributed by atoms with E-state index >= 15 is 0 Å². The summed E-state index contributed by atoms with van der Waals surface area (Å²) >= 11 is 0. The first-order valence-corrected chi connectivity index (χ1v) is 7.16. The molecule has 2 aromatic rings. The Bertz CT molecular complexity index is 654. The normalized spacial score (nSPS) is 15.5. The minimum Gasteiger partial charge on any atom is -0.497 e. The van der Waals surface area contributed by atoms with E-state index in [0.717, 1.165) is 48.7 Å². The van der Waals surface area contributed by atoms with Gasteiger partial charge in [-0.3, -0.25) is 4.90 Å². The molecule has 0 saturated heterocycles. The number of nitrogens with one attached hydrogen (secondary N) is 1. The third-order valence-electron chi connectivity index (χ3n) is 3.74. The van der Waals surface area contributed by atoms with Gasteiger partial charge in [-0.05, 0) is 29.8 Å². The molecule has 0 amide bonds. The fourth-order valence-electron chi connectivity index (χ4n) is 2.65. The van der Waals surface area contributed by atoms with Crippen molar-refractivity contribution < 1.29 is 9.47 Å². The minimum atomic E-state index is 0.669. The first-order chi connectivity index (χ1) is 10.8. The summed E-state index contributed by atoms with van der Waals surface area (Å²) in [5.74, 6) is 2.38. The van der Waals surface area contributed by atoms with Crippen molar-refractivity contribution in [3.05, 3.63) is 35.7 Å². The highest BCUT2D eigenvalue weighted by Crippen LogP contribution is 2.27. The van der Waals surface area contributed by atoms with Crippen LogP contribution in [0.15, 0.2) is 24.3 Å². The van der Waals surface area contributed by atoms with E-state index in [4.69, 9.17) is 9.47 Å². The largest absolute Gasteiger partial charge is 0.497 e. The molecule has 0 radical (unpaired) electrons. The van der Waals surface area contributed by atoms with Gasteiger partial charge in [0.2, 0.25) is 5.82 Å². The van der Waals surface area contributed by atoms with Gasteiger partial charge in [0, 0.05) is 30.8 Å². The standard InChI is InChI=1S/C15H19N5O2/c1-21-13-5-6-14(22-2)12(8-13)10-20-7-3-4-11(9-20)15-16-18-19-17-15/h4-6,8H,3,7,9-10H2,1-2H3,(H,16,17,18,19). The zero-order valence-electron chi connectivity index (χ0n) is 12.7. The Labute approximate surface area is 128 Å². The van der Waals surface area contributed by atoms with Gasteiger partial charge in [0.05, 0.1) is 14.2 Å². The maximum atomic E-state index is 5.45. The van der Waals surface area contributed by atoms with Crippen molar-refractivity contribution in [2.75, 3.05) is 27.3 Å². The number of benzene rings is 1. The Balaban J connectivity index is 1.75. The monoisotopic (exact) mass is 301 g/mol. The lowest BCUT2D eigenvalue weighted by Gasteiger charge is -2.26. The number of aromatic amines is 1. The molecular formula is C15H19N5O2. The molecule has 116 valence electrons. The van der Waals surface area contributed by atoms with Gasteiger partial charge in [0.15, 0.2) is 0 Å².